The molecule has 1 fully saturated rings. The summed E-state index contributed by atoms with van der Waals surface area (Å²) in [5.74, 6) is 1.12. The molecule has 0 aromatic heterocycles. The minimum Gasteiger partial charge on any atom is -0.495 e. The van der Waals surface area contributed by atoms with E-state index in [1.165, 1.54) is 11.8 Å². The summed E-state index contributed by atoms with van der Waals surface area (Å²) in [6.45, 7) is 0. The van der Waals surface area contributed by atoms with E-state index in [2.05, 4.69) is 10.3 Å². The fraction of sp³-hybridized carbons (Fsp3) is 0.385. The standard InChI is InChI=1S/C13H14ClN3OS/c1-18-12-6-11(17-13(19-2)16-7-15)9(5-10(12)14)8-3-4-8/h5-6,8H,3-4H2,1-2H3,(H,16,17). The predicted octanol–water partition coefficient (Wildman–Crippen LogP) is 3.65. The lowest BCUT2D eigenvalue weighted by molar-refractivity contribution is 0.415. The maximum Gasteiger partial charge on any atom is 0.183 e. The summed E-state index contributed by atoms with van der Waals surface area (Å²) in [5.41, 5.74) is 1.94. The molecule has 0 aliphatic heterocycles. The van der Waals surface area contributed by atoms with Gasteiger partial charge in [0.1, 0.15) is 5.75 Å². The first kappa shape index (κ1) is 14.0. The van der Waals surface area contributed by atoms with E-state index in [0.717, 1.165) is 24.1 Å². The lowest BCUT2D eigenvalue weighted by Gasteiger charge is -2.10. The van der Waals surface area contributed by atoms with Gasteiger partial charge in [-0.2, -0.15) is 5.26 Å². The van der Waals surface area contributed by atoms with Crippen LogP contribution in [0.3, 0.4) is 0 Å². The number of benzene rings is 1. The van der Waals surface area contributed by atoms with Crippen molar-refractivity contribution in [2.24, 2.45) is 4.99 Å². The second-order valence-electron chi connectivity index (χ2n) is 4.18. The first-order valence-corrected chi connectivity index (χ1v) is 7.45. The molecule has 0 atom stereocenters. The topological polar surface area (TPSA) is 57.4 Å². The zero-order valence-corrected chi connectivity index (χ0v) is 12.3. The van der Waals surface area contributed by atoms with Crippen LogP contribution in [0.2, 0.25) is 5.02 Å². The highest BCUT2D eigenvalue weighted by Crippen LogP contribution is 2.47. The zero-order chi connectivity index (χ0) is 13.8. The molecule has 0 radical (unpaired) electrons. The summed E-state index contributed by atoms with van der Waals surface area (Å²) in [4.78, 5) is 4.49. The fourth-order valence-electron chi connectivity index (χ4n) is 1.81. The van der Waals surface area contributed by atoms with E-state index in [-0.39, 0.29) is 0 Å². The normalized spacial score (nSPS) is 14.9. The quantitative estimate of drug-likeness (QED) is 0.400. The van der Waals surface area contributed by atoms with Crippen LogP contribution in [0.5, 0.6) is 5.75 Å². The van der Waals surface area contributed by atoms with Crippen LogP contribution < -0.4 is 10.1 Å². The molecule has 1 saturated carbocycles. The van der Waals surface area contributed by atoms with Crippen LogP contribution in [0.4, 0.5) is 5.69 Å². The van der Waals surface area contributed by atoms with Crippen molar-refractivity contribution in [3.05, 3.63) is 22.7 Å². The average Bonchev–Trinajstić information content (AvgIpc) is 3.23. The van der Waals surface area contributed by atoms with Crippen molar-refractivity contribution in [2.45, 2.75) is 18.8 Å². The third-order valence-corrected chi connectivity index (χ3v) is 3.77. The number of nitrogens with one attached hydrogen (secondary N) is 1. The van der Waals surface area contributed by atoms with Gasteiger partial charge in [0, 0.05) is 6.07 Å². The third-order valence-electron chi connectivity index (χ3n) is 2.90. The molecule has 0 saturated heterocycles. The minimum absolute atomic E-state index is 0.521. The largest absolute Gasteiger partial charge is 0.495 e. The molecule has 4 nitrogen and oxygen atoms in total. The van der Waals surface area contributed by atoms with Gasteiger partial charge >= 0.3 is 0 Å². The first-order valence-electron chi connectivity index (χ1n) is 5.84. The summed E-state index contributed by atoms with van der Waals surface area (Å²) in [6, 6.07) is 3.74. The first-order chi connectivity index (χ1) is 9.19. The Morgan fingerprint density at radius 2 is 2.32 bits per heavy atom. The van der Waals surface area contributed by atoms with Crippen molar-refractivity contribution >= 4 is 34.2 Å². The molecule has 1 N–H and O–H groups in total. The summed E-state index contributed by atoms with van der Waals surface area (Å²) in [5, 5.41) is 12.4. The van der Waals surface area contributed by atoms with E-state index in [9.17, 15) is 0 Å². The van der Waals surface area contributed by atoms with Crippen molar-refractivity contribution in [3.8, 4) is 11.9 Å². The molecule has 1 aliphatic carbocycles. The molecule has 0 heterocycles. The van der Waals surface area contributed by atoms with Crippen LogP contribution in [-0.2, 0) is 0 Å². The fourth-order valence-corrected chi connectivity index (χ4v) is 2.40. The lowest BCUT2D eigenvalue weighted by atomic mass is 10.1. The lowest BCUT2D eigenvalue weighted by Crippen LogP contribution is -2.12. The monoisotopic (exact) mass is 295 g/mol. The van der Waals surface area contributed by atoms with Crippen molar-refractivity contribution in [1.82, 2.24) is 5.32 Å². The number of hydrogen-bond acceptors (Lipinski definition) is 4. The van der Waals surface area contributed by atoms with E-state index in [0.29, 0.717) is 21.9 Å². The van der Waals surface area contributed by atoms with Gasteiger partial charge in [0.2, 0.25) is 0 Å². The molecule has 1 aromatic rings. The van der Waals surface area contributed by atoms with Crippen LogP contribution >= 0.6 is 23.4 Å². The van der Waals surface area contributed by atoms with E-state index >= 15 is 0 Å². The smallest absolute Gasteiger partial charge is 0.183 e. The molecule has 19 heavy (non-hydrogen) atoms. The molecule has 2 rings (SSSR count). The van der Waals surface area contributed by atoms with Crippen LogP contribution in [-0.4, -0.2) is 18.5 Å². The molecule has 1 aliphatic rings. The predicted molar refractivity (Wildman–Crippen MR) is 79.3 cm³/mol. The molecular weight excluding hydrogens is 282 g/mol. The molecule has 1 aromatic carbocycles. The minimum atomic E-state index is 0.521. The van der Waals surface area contributed by atoms with E-state index in [1.807, 2.05) is 24.6 Å². The van der Waals surface area contributed by atoms with Crippen molar-refractivity contribution in [3.63, 3.8) is 0 Å². The Labute approximate surface area is 121 Å². The van der Waals surface area contributed by atoms with Gasteiger partial charge in [-0.25, -0.2) is 4.99 Å². The number of thioether (sulfide) groups is 1. The van der Waals surface area contributed by atoms with Crippen LogP contribution in [0.1, 0.15) is 24.3 Å². The Balaban J connectivity index is 2.44. The molecule has 0 amide bonds. The molecular formula is C13H14ClN3OS. The van der Waals surface area contributed by atoms with Gasteiger partial charge in [-0.1, -0.05) is 23.4 Å². The van der Waals surface area contributed by atoms with Gasteiger partial charge in [0.05, 0.1) is 17.8 Å². The number of rotatable bonds is 3. The Hall–Kier alpha value is -1.38. The maximum atomic E-state index is 8.68. The van der Waals surface area contributed by atoms with Gasteiger partial charge in [0.15, 0.2) is 11.4 Å². The van der Waals surface area contributed by atoms with Gasteiger partial charge < -0.3 is 4.74 Å². The van der Waals surface area contributed by atoms with Crippen molar-refractivity contribution < 1.29 is 4.74 Å². The highest BCUT2D eigenvalue weighted by atomic mass is 35.5. The molecule has 100 valence electrons. The second-order valence-corrected chi connectivity index (χ2v) is 5.38. The van der Waals surface area contributed by atoms with Crippen LogP contribution in [0.25, 0.3) is 0 Å². The Bertz CT molecular complexity index is 550. The molecule has 6 heteroatoms. The van der Waals surface area contributed by atoms with E-state index in [1.54, 1.807) is 7.11 Å². The molecule has 0 unspecified atom stereocenters. The highest BCUT2D eigenvalue weighted by Gasteiger charge is 2.27. The second kappa shape index (κ2) is 6.18. The van der Waals surface area contributed by atoms with Crippen LogP contribution in [0, 0.1) is 11.5 Å². The number of hydrogen-bond donors (Lipinski definition) is 1. The molecule has 0 spiro atoms. The summed E-state index contributed by atoms with van der Waals surface area (Å²) in [6.07, 6.45) is 6.07. The maximum absolute atomic E-state index is 8.68. The third kappa shape index (κ3) is 3.34. The number of amidine groups is 1. The Kier molecular flexibility index (Phi) is 4.56. The van der Waals surface area contributed by atoms with Crippen molar-refractivity contribution in [1.29, 1.82) is 5.26 Å². The van der Waals surface area contributed by atoms with Gasteiger partial charge in [0.25, 0.3) is 0 Å². The number of methoxy groups -OCH3 is 1. The number of nitriles is 1. The van der Waals surface area contributed by atoms with Gasteiger partial charge in [-0.3, -0.25) is 5.32 Å². The van der Waals surface area contributed by atoms with Crippen molar-refractivity contribution in [2.75, 3.05) is 13.4 Å². The van der Waals surface area contributed by atoms with E-state index < -0.39 is 0 Å². The average molecular weight is 296 g/mol. The van der Waals surface area contributed by atoms with Crippen LogP contribution in [0.15, 0.2) is 17.1 Å². The summed E-state index contributed by atoms with van der Waals surface area (Å²) < 4.78 is 5.22. The number of halogens is 1. The Morgan fingerprint density at radius 1 is 1.58 bits per heavy atom. The SMILES string of the molecule is COc1cc(N=C(NC#N)SC)c(C2CC2)cc1Cl. The number of aliphatic imine (C=N–C) groups is 1. The van der Waals surface area contributed by atoms with Gasteiger partial charge in [-0.15, -0.1) is 0 Å². The number of ether oxygens (including phenoxy) is 1. The summed E-state index contributed by atoms with van der Waals surface area (Å²) >= 11 is 7.55. The number of nitrogens with zero attached hydrogens (tertiary/aromatic N) is 2. The molecule has 0 bridgehead atoms. The zero-order valence-electron chi connectivity index (χ0n) is 10.7. The Morgan fingerprint density at radius 3 is 2.84 bits per heavy atom. The summed E-state index contributed by atoms with van der Waals surface area (Å²) in [7, 11) is 1.58. The van der Waals surface area contributed by atoms with Gasteiger partial charge in [-0.05, 0) is 36.6 Å². The highest BCUT2D eigenvalue weighted by molar-refractivity contribution is 8.13. The van der Waals surface area contributed by atoms with E-state index in [4.69, 9.17) is 21.6 Å².